The third kappa shape index (κ3) is 1.50. The molecule has 1 N–H and O–H groups in total. The lowest BCUT2D eigenvalue weighted by molar-refractivity contribution is -0.135. The summed E-state index contributed by atoms with van der Waals surface area (Å²) < 4.78 is 4.72. The van der Waals surface area contributed by atoms with Crippen LogP contribution in [0.3, 0.4) is 0 Å². The molecule has 0 aromatic rings. The molecule has 3 nitrogen and oxygen atoms in total. The molecule has 1 fully saturated rings. The summed E-state index contributed by atoms with van der Waals surface area (Å²) in [7, 11) is 0. The minimum atomic E-state index is -0.180. The molecule has 1 aliphatic heterocycles. The van der Waals surface area contributed by atoms with E-state index in [9.17, 15) is 4.79 Å². The van der Waals surface area contributed by atoms with Crippen molar-refractivity contribution >= 4 is 5.97 Å². The van der Waals surface area contributed by atoms with E-state index < -0.39 is 0 Å². The number of ether oxygens (including phenoxy) is 1. The van der Waals surface area contributed by atoms with Crippen LogP contribution in [0, 0.1) is 0 Å². The Kier molecular flexibility index (Phi) is 2.31. The summed E-state index contributed by atoms with van der Waals surface area (Å²) in [6, 6.07) is 0. The molecule has 1 rings (SSSR count). The first-order valence-electron chi connectivity index (χ1n) is 3.44. The van der Waals surface area contributed by atoms with Crippen LogP contribution in [-0.4, -0.2) is 19.1 Å². The highest BCUT2D eigenvalue weighted by molar-refractivity contribution is 5.90. The Morgan fingerprint density at radius 1 is 1.80 bits per heavy atom. The predicted molar refractivity (Wildman–Crippen MR) is 37.3 cm³/mol. The first-order valence-corrected chi connectivity index (χ1v) is 3.44. The highest BCUT2D eigenvalue weighted by atomic mass is 16.5. The number of carbonyl (C=O) groups excluding carboxylic acids is 1. The van der Waals surface area contributed by atoms with Crippen molar-refractivity contribution in [2.75, 3.05) is 13.2 Å². The maximum Gasteiger partial charge on any atom is 0.335 e. The van der Waals surface area contributed by atoms with Gasteiger partial charge in [-0.15, -0.1) is 0 Å². The summed E-state index contributed by atoms with van der Waals surface area (Å²) in [5.41, 5.74) is 0.752. The zero-order valence-corrected chi connectivity index (χ0v) is 6.02. The van der Waals surface area contributed by atoms with Crippen molar-refractivity contribution in [2.45, 2.75) is 13.3 Å². The summed E-state index contributed by atoms with van der Waals surface area (Å²) in [6.07, 6.45) is 2.47. The molecule has 0 aromatic carbocycles. The van der Waals surface area contributed by atoms with E-state index in [-0.39, 0.29) is 5.97 Å². The minimum absolute atomic E-state index is 0.180. The van der Waals surface area contributed by atoms with Crippen LogP contribution >= 0.6 is 0 Å². The van der Waals surface area contributed by atoms with E-state index in [4.69, 9.17) is 4.74 Å². The number of hydrogen-bond acceptors (Lipinski definition) is 3. The first kappa shape index (κ1) is 7.12. The van der Waals surface area contributed by atoms with Crippen molar-refractivity contribution in [1.82, 2.24) is 5.32 Å². The standard InChI is InChI=1S/C7H11NO2/c1-2-8-5-6-3-4-10-7(6)9/h5,8H,2-4H2,1H3/b6-5-. The van der Waals surface area contributed by atoms with Crippen molar-refractivity contribution in [3.63, 3.8) is 0 Å². The molecule has 10 heavy (non-hydrogen) atoms. The van der Waals surface area contributed by atoms with E-state index in [1.165, 1.54) is 0 Å². The van der Waals surface area contributed by atoms with Gasteiger partial charge in [0.05, 0.1) is 12.2 Å². The summed E-state index contributed by atoms with van der Waals surface area (Å²) in [6.45, 7) is 3.37. The quantitative estimate of drug-likeness (QED) is 0.447. The zero-order chi connectivity index (χ0) is 7.40. The van der Waals surface area contributed by atoms with Crippen LogP contribution in [0.2, 0.25) is 0 Å². The molecule has 0 amide bonds. The predicted octanol–water partition coefficient (Wildman–Crippen LogP) is 0.427. The van der Waals surface area contributed by atoms with Gasteiger partial charge in [0.15, 0.2) is 0 Å². The van der Waals surface area contributed by atoms with Crippen molar-refractivity contribution < 1.29 is 9.53 Å². The molecule has 0 bridgehead atoms. The summed E-state index contributed by atoms with van der Waals surface area (Å²) in [5, 5.41) is 2.96. The molecule has 0 aromatic heterocycles. The van der Waals surface area contributed by atoms with Crippen molar-refractivity contribution in [3.8, 4) is 0 Å². The Morgan fingerprint density at radius 3 is 3.10 bits per heavy atom. The van der Waals surface area contributed by atoms with Gasteiger partial charge in [-0.05, 0) is 6.92 Å². The Hall–Kier alpha value is -0.990. The highest BCUT2D eigenvalue weighted by Gasteiger charge is 2.17. The lowest BCUT2D eigenvalue weighted by Gasteiger charge is -1.93. The van der Waals surface area contributed by atoms with Crippen molar-refractivity contribution in [1.29, 1.82) is 0 Å². The number of rotatable bonds is 2. The number of nitrogens with one attached hydrogen (secondary N) is 1. The van der Waals surface area contributed by atoms with Gasteiger partial charge >= 0.3 is 5.97 Å². The van der Waals surface area contributed by atoms with Gasteiger partial charge in [-0.25, -0.2) is 4.79 Å². The van der Waals surface area contributed by atoms with Crippen LogP contribution in [0.25, 0.3) is 0 Å². The summed E-state index contributed by atoms with van der Waals surface area (Å²) >= 11 is 0. The second-order valence-electron chi connectivity index (χ2n) is 2.11. The fourth-order valence-corrected chi connectivity index (χ4v) is 0.805. The van der Waals surface area contributed by atoms with Gasteiger partial charge < -0.3 is 10.1 Å². The lowest BCUT2D eigenvalue weighted by Crippen LogP contribution is -2.06. The largest absolute Gasteiger partial charge is 0.462 e. The number of carbonyl (C=O) groups is 1. The molecule has 0 aliphatic carbocycles. The van der Waals surface area contributed by atoms with Gasteiger partial charge in [0.25, 0.3) is 0 Å². The van der Waals surface area contributed by atoms with Crippen molar-refractivity contribution in [3.05, 3.63) is 11.8 Å². The molecular weight excluding hydrogens is 130 g/mol. The first-order chi connectivity index (χ1) is 4.84. The molecule has 1 aliphatic rings. The maximum atomic E-state index is 10.7. The lowest BCUT2D eigenvalue weighted by atomic mass is 10.2. The smallest absolute Gasteiger partial charge is 0.335 e. The van der Waals surface area contributed by atoms with Gasteiger partial charge in [0.2, 0.25) is 0 Å². The third-order valence-electron chi connectivity index (χ3n) is 1.35. The highest BCUT2D eigenvalue weighted by Crippen LogP contribution is 2.10. The second-order valence-corrected chi connectivity index (χ2v) is 2.11. The second kappa shape index (κ2) is 3.25. The average molecular weight is 141 g/mol. The van der Waals surface area contributed by atoms with Gasteiger partial charge in [0.1, 0.15) is 0 Å². The molecule has 0 radical (unpaired) electrons. The van der Waals surface area contributed by atoms with Gasteiger partial charge in [-0.2, -0.15) is 0 Å². The Morgan fingerprint density at radius 2 is 2.60 bits per heavy atom. The molecule has 0 atom stereocenters. The van der Waals surface area contributed by atoms with Crippen LogP contribution in [0.15, 0.2) is 11.8 Å². The number of hydrogen-bond donors (Lipinski definition) is 1. The molecule has 1 saturated heterocycles. The maximum absolute atomic E-state index is 10.7. The number of cyclic esters (lactones) is 1. The Balaban J connectivity index is 2.46. The van der Waals surface area contributed by atoms with Crippen LogP contribution in [-0.2, 0) is 9.53 Å². The van der Waals surface area contributed by atoms with Crippen LogP contribution in [0.5, 0.6) is 0 Å². The molecule has 0 unspecified atom stereocenters. The number of esters is 1. The van der Waals surface area contributed by atoms with Crippen LogP contribution in [0.4, 0.5) is 0 Å². The van der Waals surface area contributed by atoms with Gasteiger partial charge in [-0.3, -0.25) is 0 Å². The normalized spacial score (nSPS) is 21.3. The minimum Gasteiger partial charge on any atom is -0.462 e. The molecule has 1 heterocycles. The Labute approximate surface area is 60.1 Å². The Bertz CT molecular complexity index is 163. The van der Waals surface area contributed by atoms with Crippen molar-refractivity contribution in [2.24, 2.45) is 0 Å². The van der Waals surface area contributed by atoms with E-state index in [1.54, 1.807) is 6.20 Å². The van der Waals surface area contributed by atoms with Gasteiger partial charge in [-0.1, -0.05) is 0 Å². The van der Waals surface area contributed by atoms with Gasteiger partial charge in [0, 0.05) is 19.2 Å². The van der Waals surface area contributed by atoms with E-state index in [2.05, 4.69) is 5.32 Å². The average Bonchev–Trinajstić information content (AvgIpc) is 2.31. The van der Waals surface area contributed by atoms with Crippen LogP contribution in [0.1, 0.15) is 13.3 Å². The monoisotopic (exact) mass is 141 g/mol. The fourth-order valence-electron chi connectivity index (χ4n) is 0.805. The molecule has 0 spiro atoms. The SMILES string of the molecule is CCN/C=C1/CCOC1=O. The third-order valence-corrected chi connectivity index (χ3v) is 1.35. The fraction of sp³-hybridized carbons (Fsp3) is 0.571. The van der Waals surface area contributed by atoms with E-state index >= 15 is 0 Å². The molecule has 0 saturated carbocycles. The topological polar surface area (TPSA) is 38.3 Å². The van der Waals surface area contributed by atoms with E-state index in [0.29, 0.717) is 6.61 Å². The molecule has 3 heteroatoms. The van der Waals surface area contributed by atoms with E-state index in [1.807, 2.05) is 6.92 Å². The van der Waals surface area contributed by atoms with E-state index in [0.717, 1.165) is 18.5 Å². The summed E-state index contributed by atoms with van der Waals surface area (Å²) in [4.78, 5) is 10.7. The summed E-state index contributed by atoms with van der Waals surface area (Å²) in [5.74, 6) is -0.180. The zero-order valence-electron chi connectivity index (χ0n) is 6.02. The molecule has 56 valence electrons. The van der Waals surface area contributed by atoms with Crippen LogP contribution < -0.4 is 5.32 Å². The molecular formula is C7H11NO2.